The summed E-state index contributed by atoms with van der Waals surface area (Å²) in [5.41, 5.74) is 16.7. The molecule has 0 aliphatic rings. The van der Waals surface area contributed by atoms with E-state index in [1.54, 1.807) is 0 Å². The smallest absolute Gasteiger partial charge is 0.0541 e. The first kappa shape index (κ1) is 39.5. The van der Waals surface area contributed by atoms with E-state index in [4.69, 9.17) is 0 Å². The number of hydrogen-bond acceptors (Lipinski definition) is 2. The van der Waals surface area contributed by atoms with E-state index >= 15 is 0 Å². The fourth-order valence-corrected chi connectivity index (χ4v) is 13.9. The monoisotopic (exact) mass is 924 g/mol. The van der Waals surface area contributed by atoms with E-state index < -0.39 is 0 Å². The molecule has 0 atom stereocenters. The van der Waals surface area contributed by atoms with Crippen molar-refractivity contribution in [3.05, 3.63) is 243 Å². The van der Waals surface area contributed by atoms with Crippen molar-refractivity contribution in [2.45, 2.75) is 0 Å². The van der Waals surface area contributed by atoms with Gasteiger partial charge in [0, 0.05) is 73.3 Å². The standard InChI is InChI=1S/C66H40N2S2/c1-2-16-41(17-3-1)47-18-4-5-19-48(47)44-36-45(67-59-28-10-6-20-51(59)57-38-42(32-34-61(57)67)49-24-14-26-55-53-22-8-12-30-63(53)69-65(49)55)40-46(37-44)68-60-29-11-7-21-52(60)58-39-43(33-35-62(58)68)50-25-15-27-56-54-23-9-13-31-64(54)70-66(50)56/h1-40H. The van der Waals surface area contributed by atoms with Crippen molar-refractivity contribution in [2.75, 3.05) is 0 Å². The van der Waals surface area contributed by atoms with Crippen molar-refractivity contribution in [3.8, 4) is 55.9 Å². The summed E-state index contributed by atoms with van der Waals surface area (Å²) >= 11 is 3.78. The number of thiophene rings is 2. The first-order chi connectivity index (χ1) is 34.7. The first-order valence-corrected chi connectivity index (χ1v) is 25.5. The molecule has 4 heteroatoms. The summed E-state index contributed by atoms with van der Waals surface area (Å²) in [6.45, 7) is 0. The second kappa shape index (κ2) is 15.5. The van der Waals surface area contributed by atoms with Crippen LogP contribution >= 0.6 is 22.7 Å². The number of hydrogen-bond donors (Lipinski definition) is 0. The van der Waals surface area contributed by atoms with E-state index in [2.05, 4.69) is 252 Å². The van der Waals surface area contributed by atoms with Gasteiger partial charge in [0.15, 0.2) is 0 Å². The number of fused-ring (bicyclic) bond motifs is 12. The van der Waals surface area contributed by atoms with E-state index in [0.717, 1.165) is 16.9 Å². The SMILES string of the molecule is c1ccc(-c2ccccc2-c2cc(-n3c4ccccc4c4cc(-c5cccc6c5sc5ccccc56)ccc43)cc(-n3c4ccccc4c4cc(-c5cccc6c5sc5ccccc56)ccc43)c2)cc1. The molecule has 0 unspecified atom stereocenters. The van der Waals surface area contributed by atoms with Crippen molar-refractivity contribution in [1.29, 1.82) is 0 Å². The fraction of sp³-hybridized carbons (Fsp3) is 0. The zero-order chi connectivity index (χ0) is 45.9. The molecular weight excluding hydrogens is 885 g/mol. The third-order valence-electron chi connectivity index (χ3n) is 14.5. The van der Waals surface area contributed by atoms with Gasteiger partial charge in [0.1, 0.15) is 0 Å². The minimum Gasteiger partial charge on any atom is -0.309 e. The van der Waals surface area contributed by atoms with Crippen molar-refractivity contribution in [3.63, 3.8) is 0 Å². The lowest BCUT2D eigenvalue weighted by atomic mass is 9.94. The summed E-state index contributed by atoms with van der Waals surface area (Å²) in [5.74, 6) is 0. The summed E-state index contributed by atoms with van der Waals surface area (Å²) in [4.78, 5) is 0. The van der Waals surface area contributed by atoms with Crippen molar-refractivity contribution < 1.29 is 0 Å². The minimum absolute atomic E-state index is 1.11. The quantitative estimate of drug-likeness (QED) is 0.157. The Morgan fingerprint density at radius 1 is 0.229 bits per heavy atom. The van der Waals surface area contributed by atoms with Gasteiger partial charge in [-0.1, -0.05) is 176 Å². The van der Waals surface area contributed by atoms with Gasteiger partial charge in [-0.05, 0) is 111 Å². The average molecular weight is 925 g/mol. The summed E-state index contributed by atoms with van der Waals surface area (Å²) < 4.78 is 10.3. The van der Waals surface area contributed by atoms with Crippen LogP contribution in [0.5, 0.6) is 0 Å². The minimum atomic E-state index is 1.11. The molecule has 0 saturated carbocycles. The van der Waals surface area contributed by atoms with Crippen LogP contribution in [0.4, 0.5) is 0 Å². The second-order valence-electron chi connectivity index (χ2n) is 18.4. The van der Waals surface area contributed by atoms with Gasteiger partial charge in [0.05, 0.1) is 22.1 Å². The summed E-state index contributed by atoms with van der Waals surface area (Å²) in [5, 5.41) is 10.2. The molecule has 0 fully saturated rings. The highest BCUT2D eigenvalue weighted by Crippen LogP contribution is 2.45. The largest absolute Gasteiger partial charge is 0.309 e. The molecule has 326 valence electrons. The highest BCUT2D eigenvalue weighted by Gasteiger charge is 2.21. The highest BCUT2D eigenvalue weighted by molar-refractivity contribution is 7.26. The fourth-order valence-electron chi connectivity index (χ4n) is 11.4. The van der Waals surface area contributed by atoms with E-state index in [9.17, 15) is 0 Å². The van der Waals surface area contributed by atoms with Gasteiger partial charge in [-0.3, -0.25) is 0 Å². The van der Waals surface area contributed by atoms with Crippen LogP contribution in [0.2, 0.25) is 0 Å². The van der Waals surface area contributed by atoms with Gasteiger partial charge < -0.3 is 9.13 Å². The topological polar surface area (TPSA) is 9.86 Å². The lowest BCUT2D eigenvalue weighted by molar-refractivity contribution is 1.13. The molecule has 11 aromatic carbocycles. The second-order valence-corrected chi connectivity index (χ2v) is 20.5. The highest BCUT2D eigenvalue weighted by atomic mass is 32.1. The average Bonchev–Trinajstić information content (AvgIpc) is 4.18. The van der Waals surface area contributed by atoms with Crippen LogP contribution in [0, 0.1) is 0 Å². The van der Waals surface area contributed by atoms with E-state index in [1.807, 2.05) is 22.7 Å². The van der Waals surface area contributed by atoms with Crippen LogP contribution in [0.3, 0.4) is 0 Å². The maximum atomic E-state index is 2.49. The Balaban J connectivity index is 0.974. The number of rotatable bonds is 6. The van der Waals surface area contributed by atoms with Crippen LogP contribution in [0.15, 0.2) is 243 Å². The lowest BCUT2D eigenvalue weighted by Crippen LogP contribution is -2.00. The molecule has 0 bridgehead atoms. The zero-order valence-corrected chi connectivity index (χ0v) is 39.4. The Morgan fingerprint density at radius 3 is 1.16 bits per heavy atom. The predicted molar refractivity (Wildman–Crippen MR) is 303 cm³/mol. The van der Waals surface area contributed by atoms with Gasteiger partial charge in [-0.25, -0.2) is 0 Å². The Bertz CT molecular complexity index is 4350. The van der Waals surface area contributed by atoms with Crippen LogP contribution in [0.25, 0.3) is 140 Å². The third kappa shape index (κ3) is 5.97. The van der Waals surface area contributed by atoms with Crippen molar-refractivity contribution in [2.24, 2.45) is 0 Å². The Hall–Kier alpha value is -8.54. The number of benzene rings is 11. The summed E-state index contributed by atoms with van der Waals surface area (Å²) in [6, 6.07) is 90.1. The van der Waals surface area contributed by atoms with Gasteiger partial charge in [0.25, 0.3) is 0 Å². The zero-order valence-electron chi connectivity index (χ0n) is 37.8. The molecular formula is C66H40N2S2. The molecule has 0 aliphatic carbocycles. The molecule has 0 amide bonds. The van der Waals surface area contributed by atoms with Gasteiger partial charge in [-0.15, -0.1) is 22.7 Å². The molecule has 0 spiro atoms. The molecule has 70 heavy (non-hydrogen) atoms. The Morgan fingerprint density at radius 2 is 0.629 bits per heavy atom. The number of nitrogens with zero attached hydrogens (tertiary/aromatic N) is 2. The first-order valence-electron chi connectivity index (χ1n) is 23.9. The molecule has 15 rings (SSSR count). The van der Waals surface area contributed by atoms with E-state index in [-0.39, 0.29) is 0 Å². The summed E-state index contributed by atoms with van der Waals surface area (Å²) in [6.07, 6.45) is 0. The molecule has 4 heterocycles. The van der Waals surface area contributed by atoms with Crippen LogP contribution < -0.4 is 0 Å². The third-order valence-corrected chi connectivity index (χ3v) is 17.0. The van der Waals surface area contributed by atoms with Gasteiger partial charge in [-0.2, -0.15) is 0 Å². The van der Waals surface area contributed by atoms with E-state index in [0.29, 0.717) is 0 Å². The number of aromatic nitrogens is 2. The maximum absolute atomic E-state index is 2.49. The van der Waals surface area contributed by atoms with Gasteiger partial charge in [0.2, 0.25) is 0 Å². The van der Waals surface area contributed by atoms with Crippen LogP contribution in [0.1, 0.15) is 0 Å². The van der Waals surface area contributed by atoms with E-state index in [1.165, 1.54) is 123 Å². The Kier molecular flexibility index (Phi) is 8.73. The van der Waals surface area contributed by atoms with Gasteiger partial charge >= 0.3 is 0 Å². The Labute approximate surface area is 411 Å². The normalized spacial score (nSPS) is 12.0. The molecule has 4 aromatic heterocycles. The summed E-state index contributed by atoms with van der Waals surface area (Å²) in [7, 11) is 0. The van der Waals surface area contributed by atoms with Crippen LogP contribution in [-0.2, 0) is 0 Å². The molecule has 0 radical (unpaired) electrons. The van der Waals surface area contributed by atoms with Crippen molar-refractivity contribution in [1.82, 2.24) is 9.13 Å². The lowest BCUT2D eigenvalue weighted by Gasteiger charge is -2.17. The molecule has 2 nitrogen and oxygen atoms in total. The van der Waals surface area contributed by atoms with Crippen molar-refractivity contribution >= 4 is 107 Å². The molecule has 0 saturated heterocycles. The predicted octanol–water partition coefficient (Wildman–Crippen LogP) is 19.3. The molecule has 0 aliphatic heterocycles. The maximum Gasteiger partial charge on any atom is 0.0541 e. The molecule has 15 aromatic rings. The molecule has 0 N–H and O–H groups in total. The van der Waals surface area contributed by atoms with Crippen LogP contribution in [-0.4, -0.2) is 9.13 Å². The number of para-hydroxylation sites is 2.